The molecule has 0 unspecified atom stereocenters. The number of carboxylic acid groups (broad SMARTS) is 1. The highest BCUT2D eigenvalue weighted by Crippen LogP contribution is 2.32. The quantitative estimate of drug-likeness (QED) is 0.411. The van der Waals surface area contributed by atoms with E-state index >= 15 is 0 Å². The Morgan fingerprint density at radius 2 is 1.88 bits per heavy atom. The molecule has 0 spiro atoms. The summed E-state index contributed by atoms with van der Waals surface area (Å²) >= 11 is 0. The first-order valence-electron chi connectivity index (χ1n) is 10.6. The maximum Gasteiger partial charge on any atom is 0.336 e. The van der Waals surface area contributed by atoms with Crippen molar-refractivity contribution in [2.45, 2.75) is 19.4 Å². The number of rotatable bonds is 3. The average Bonchev–Trinajstić information content (AvgIpc) is 3.20. The van der Waals surface area contributed by atoms with Crippen LogP contribution in [0.2, 0.25) is 0 Å². The van der Waals surface area contributed by atoms with E-state index in [0.29, 0.717) is 17.7 Å². The van der Waals surface area contributed by atoms with Gasteiger partial charge >= 0.3 is 5.97 Å². The predicted molar refractivity (Wildman–Crippen MR) is 127 cm³/mol. The van der Waals surface area contributed by atoms with E-state index < -0.39 is 5.97 Å². The summed E-state index contributed by atoms with van der Waals surface area (Å²) in [6, 6.07) is 20.6. The van der Waals surface area contributed by atoms with E-state index in [-0.39, 0.29) is 17.5 Å². The van der Waals surface area contributed by atoms with Crippen LogP contribution in [0, 0.1) is 0 Å². The largest absolute Gasteiger partial charge is 0.478 e. The van der Waals surface area contributed by atoms with Crippen LogP contribution in [0.3, 0.4) is 0 Å². The molecular weight excluding hydrogens is 402 g/mol. The highest BCUT2D eigenvalue weighted by Gasteiger charge is 2.25. The number of nitrogens with one attached hydrogen (secondary N) is 2. The Labute approximate surface area is 185 Å². The second-order valence-corrected chi connectivity index (χ2v) is 8.15. The van der Waals surface area contributed by atoms with Crippen molar-refractivity contribution < 1.29 is 14.7 Å². The number of anilines is 2. The number of benzene rings is 3. The fraction of sp³-hybridized carbons (Fsp3) is 0.154. The number of hydrogen-bond donors (Lipinski definition) is 3. The molecule has 0 saturated heterocycles. The molecule has 1 aliphatic rings. The molecule has 2 heterocycles. The normalized spacial score (nSPS) is 15.7. The molecule has 1 aliphatic heterocycles. The van der Waals surface area contributed by atoms with E-state index in [4.69, 9.17) is 0 Å². The monoisotopic (exact) mass is 425 g/mol. The van der Waals surface area contributed by atoms with E-state index in [1.165, 1.54) is 6.07 Å². The predicted octanol–water partition coefficient (Wildman–Crippen LogP) is 5.38. The number of carbonyl (C=O) groups is 2. The molecule has 6 nitrogen and oxygen atoms in total. The number of aromatic carboxylic acids is 1. The van der Waals surface area contributed by atoms with Crippen LogP contribution in [0.25, 0.3) is 22.0 Å². The lowest BCUT2D eigenvalue weighted by Gasteiger charge is -2.23. The average molecular weight is 425 g/mol. The third kappa shape index (κ3) is 3.50. The lowest BCUT2D eigenvalue weighted by atomic mass is 9.96. The molecule has 160 valence electrons. The third-order valence-corrected chi connectivity index (χ3v) is 5.99. The number of hydrogen-bond acceptors (Lipinski definition) is 3. The van der Waals surface area contributed by atoms with Crippen LogP contribution in [0.4, 0.5) is 11.4 Å². The summed E-state index contributed by atoms with van der Waals surface area (Å²) in [5.74, 6) is -1.26. The van der Waals surface area contributed by atoms with Gasteiger partial charge in [0.25, 0.3) is 5.91 Å². The van der Waals surface area contributed by atoms with E-state index in [9.17, 15) is 14.7 Å². The van der Waals surface area contributed by atoms with Crippen LogP contribution in [0.15, 0.2) is 72.9 Å². The van der Waals surface area contributed by atoms with Crippen molar-refractivity contribution in [2.24, 2.45) is 0 Å². The minimum Gasteiger partial charge on any atom is -0.478 e. The van der Waals surface area contributed by atoms with Gasteiger partial charge in [-0.3, -0.25) is 4.79 Å². The van der Waals surface area contributed by atoms with Gasteiger partial charge in [0.05, 0.1) is 16.9 Å². The number of aromatic nitrogens is 1. The number of fused-ring (bicyclic) bond motifs is 2. The first kappa shape index (κ1) is 19.9. The number of carbonyl (C=O) groups excluding carboxylic acids is 1. The Bertz CT molecular complexity index is 1340. The zero-order valence-electron chi connectivity index (χ0n) is 17.6. The zero-order valence-corrected chi connectivity index (χ0v) is 17.6. The zero-order chi connectivity index (χ0) is 22.2. The molecule has 0 bridgehead atoms. The fourth-order valence-corrected chi connectivity index (χ4v) is 4.31. The molecule has 0 radical (unpaired) electrons. The van der Waals surface area contributed by atoms with Crippen molar-refractivity contribution in [3.05, 3.63) is 84.1 Å². The summed E-state index contributed by atoms with van der Waals surface area (Å²) in [5, 5.41) is 14.4. The first-order chi connectivity index (χ1) is 15.5. The Hall–Kier alpha value is -4.06. The molecule has 3 aromatic carbocycles. The van der Waals surface area contributed by atoms with Crippen molar-refractivity contribution in [1.82, 2.24) is 4.98 Å². The highest BCUT2D eigenvalue weighted by molar-refractivity contribution is 6.10. The van der Waals surface area contributed by atoms with Crippen molar-refractivity contribution in [2.75, 3.05) is 16.8 Å². The molecule has 0 saturated carbocycles. The number of amides is 1. The first-order valence-corrected chi connectivity index (χ1v) is 10.6. The minimum atomic E-state index is -1.06. The van der Waals surface area contributed by atoms with Gasteiger partial charge in [-0.15, -0.1) is 0 Å². The molecule has 3 N–H and O–H groups in total. The van der Waals surface area contributed by atoms with E-state index in [2.05, 4.69) is 17.2 Å². The third-order valence-electron chi connectivity index (χ3n) is 5.99. The molecule has 5 rings (SSSR count). The lowest BCUT2D eigenvalue weighted by Crippen LogP contribution is -2.32. The molecule has 0 aliphatic carbocycles. The van der Waals surface area contributed by atoms with Gasteiger partial charge in [-0.1, -0.05) is 24.3 Å². The highest BCUT2D eigenvalue weighted by atomic mass is 16.4. The van der Waals surface area contributed by atoms with E-state index in [0.717, 1.165) is 34.3 Å². The Morgan fingerprint density at radius 3 is 2.72 bits per heavy atom. The van der Waals surface area contributed by atoms with Crippen LogP contribution in [0.5, 0.6) is 0 Å². The van der Waals surface area contributed by atoms with Gasteiger partial charge in [-0.2, -0.15) is 0 Å². The Balaban J connectivity index is 1.55. The molecule has 1 amide bonds. The lowest BCUT2D eigenvalue weighted by molar-refractivity contribution is 0.0697. The molecule has 1 atom stereocenters. The molecule has 1 aromatic heterocycles. The Kier molecular flexibility index (Phi) is 4.90. The number of nitrogens with zero attached hydrogens (tertiary/aromatic N) is 1. The standard InChI is InChI=1S/C26H23N3O3/c1-16-11-13-29(24-5-3-2-4-23(24)28-16)25(30)19-6-8-20(21(15-19)26(31)32)17-7-9-22-18(14-17)10-12-27-22/h2-10,12,14-16,27-28H,11,13H2,1H3,(H,31,32)/t16-/m0/s1. The number of H-pyrrole nitrogens is 1. The summed E-state index contributed by atoms with van der Waals surface area (Å²) in [5.41, 5.74) is 4.55. The van der Waals surface area contributed by atoms with Gasteiger partial charge in [0.2, 0.25) is 0 Å². The van der Waals surface area contributed by atoms with Gasteiger partial charge in [-0.25, -0.2) is 4.79 Å². The second kappa shape index (κ2) is 7.89. The number of para-hydroxylation sites is 2. The number of carboxylic acids is 1. The van der Waals surface area contributed by atoms with Gasteiger partial charge in [0.15, 0.2) is 0 Å². The van der Waals surface area contributed by atoms with Crippen molar-refractivity contribution >= 4 is 34.2 Å². The van der Waals surface area contributed by atoms with Gasteiger partial charge in [-0.05, 0) is 72.3 Å². The van der Waals surface area contributed by atoms with Crippen LogP contribution >= 0.6 is 0 Å². The molecule has 6 heteroatoms. The van der Waals surface area contributed by atoms with E-state index in [1.807, 2.05) is 54.7 Å². The Morgan fingerprint density at radius 1 is 1.03 bits per heavy atom. The maximum absolute atomic E-state index is 13.5. The fourth-order valence-electron chi connectivity index (χ4n) is 4.31. The number of aromatic amines is 1. The van der Waals surface area contributed by atoms with Gasteiger partial charge < -0.3 is 20.3 Å². The topological polar surface area (TPSA) is 85.4 Å². The van der Waals surface area contributed by atoms with Gasteiger partial charge in [0.1, 0.15) is 0 Å². The summed E-state index contributed by atoms with van der Waals surface area (Å²) in [6.45, 7) is 2.64. The van der Waals surface area contributed by atoms with Crippen LogP contribution in [-0.2, 0) is 0 Å². The second-order valence-electron chi connectivity index (χ2n) is 8.15. The molecule has 4 aromatic rings. The van der Waals surface area contributed by atoms with Crippen molar-refractivity contribution in [3.63, 3.8) is 0 Å². The van der Waals surface area contributed by atoms with Gasteiger partial charge in [0, 0.05) is 29.9 Å². The summed E-state index contributed by atoms with van der Waals surface area (Å²) < 4.78 is 0. The van der Waals surface area contributed by atoms with Crippen molar-refractivity contribution in [1.29, 1.82) is 0 Å². The maximum atomic E-state index is 13.5. The minimum absolute atomic E-state index is 0.111. The smallest absolute Gasteiger partial charge is 0.336 e. The summed E-state index contributed by atoms with van der Waals surface area (Å²) in [4.78, 5) is 30.5. The summed E-state index contributed by atoms with van der Waals surface area (Å²) in [7, 11) is 0. The summed E-state index contributed by atoms with van der Waals surface area (Å²) in [6.07, 6.45) is 2.64. The van der Waals surface area contributed by atoms with Crippen LogP contribution in [-0.4, -0.2) is 34.6 Å². The van der Waals surface area contributed by atoms with Crippen molar-refractivity contribution in [3.8, 4) is 11.1 Å². The molecular formula is C26H23N3O3. The molecule has 32 heavy (non-hydrogen) atoms. The molecule has 0 fully saturated rings. The van der Waals surface area contributed by atoms with Crippen LogP contribution in [0.1, 0.15) is 34.1 Å². The van der Waals surface area contributed by atoms with Crippen LogP contribution < -0.4 is 10.2 Å². The SMILES string of the molecule is C[C@H]1CCN(C(=O)c2ccc(-c3ccc4[nH]ccc4c3)c(C(=O)O)c2)c2ccccc2N1. The van der Waals surface area contributed by atoms with E-state index in [1.54, 1.807) is 17.0 Å².